The number of rotatable bonds is 6. The van der Waals surface area contributed by atoms with E-state index in [-0.39, 0.29) is 38.5 Å². The van der Waals surface area contributed by atoms with E-state index < -0.39 is 23.2 Å². The zero-order valence-electron chi connectivity index (χ0n) is 18.6. The number of fused-ring (bicyclic) bond motifs is 1. The lowest BCUT2D eigenvalue weighted by molar-refractivity contribution is 0.0946. The molecule has 1 aromatic carbocycles. The lowest BCUT2D eigenvalue weighted by atomic mass is 10.0. The molecular weight excluding hydrogens is 465 g/mol. The molecule has 2 N–H and O–H groups in total. The molecule has 0 aliphatic rings. The number of aromatic nitrogens is 3. The average Bonchev–Trinajstić information content (AvgIpc) is 2.75. The Morgan fingerprint density at radius 1 is 1.24 bits per heavy atom. The first-order valence-corrected chi connectivity index (χ1v) is 11.1. The number of hydrogen-bond donors (Lipinski definition) is 2. The Hall–Kier alpha value is -3.15. The van der Waals surface area contributed by atoms with Gasteiger partial charge in [0.15, 0.2) is 5.65 Å². The van der Waals surface area contributed by atoms with Gasteiger partial charge in [-0.1, -0.05) is 63.0 Å². The highest BCUT2D eigenvalue weighted by molar-refractivity contribution is 6.42. The van der Waals surface area contributed by atoms with E-state index in [2.05, 4.69) is 15.3 Å². The molecular formula is C23H23Cl2N5O3. The van der Waals surface area contributed by atoms with Gasteiger partial charge in [0.1, 0.15) is 6.04 Å². The largest absolute Gasteiger partial charge is 0.332 e. The van der Waals surface area contributed by atoms with Gasteiger partial charge in [-0.05, 0) is 24.0 Å². The summed E-state index contributed by atoms with van der Waals surface area (Å²) < 4.78 is 1.36. The highest BCUT2D eigenvalue weighted by atomic mass is 35.5. The van der Waals surface area contributed by atoms with Crippen molar-refractivity contribution in [2.24, 2.45) is 5.92 Å². The molecule has 0 bridgehead atoms. The number of aromatic amines is 1. The van der Waals surface area contributed by atoms with Gasteiger partial charge in [0, 0.05) is 17.8 Å². The molecule has 0 fully saturated rings. The molecule has 2 aromatic heterocycles. The summed E-state index contributed by atoms with van der Waals surface area (Å²) in [4.78, 5) is 45.4. The van der Waals surface area contributed by atoms with E-state index >= 15 is 0 Å². The summed E-state index contributed by atoms with van der Waals surface area (Å²) in [6, 6.07) is 7.17. The molecule has 0 saturated carbocycles. The molecule has 2 heterocycles. The lowest BCUT2D eigenvalue weighted by Crippen LogP contribution is -2.35. The van der Waals surface area contributed by atoms with Crippen molar-refractivity contribution < 1.29 is 4.79 Å². The molecule has 0 radical (unpaired) electrons. The molecule has 0 aliphatic heterocycles. The van der Waals surface area contributed by atoms with Crippen molar-refractivity contribution in [3.8, 4) is 6.07 Å². The third kappa shape index (κ3) is 4.95. The van der Waals surface area contributed by atoms with Crippen molar-refractivity contribution >= 4 is 40.1 Å². The maximum atomic E-state index is 13.3. The SMILES string of the molecule is CC(C)Cn1c(=O)[nH]c(=O)c2c(C(=O)NC(C#N)c3cccc(Cl)c3Cl)cc(C(C)C)nc21. The number of hydrogen-bond acceptors (Lipinski definition) is 5. The first kappa shape index (κ1) is 24.5. The van der Waals surface area contributed by atoms with E-state index in [0.29, 0.717) is 17.8 Å². The molecule has 8 nitrogen and oxygen atoms in total. The first-order valence-electron chi connectivity index (χ1n) is 10.4. The van der Waals surface area contributed by atoms with Gasteiger partial charge in [-0.25, -0.2) is 9.78 Å². The van der Waals surface area contributed by atoms with Crippen molar-refractivity contribution in [3.63, 3.8) is 0 Å². The van der Waals surface area contributed by atoms with Crippen LogP contribution in [0.3, 0.4) is 0 Å². The number of benzene rings is 1. The van der Waals surface area contributed by atoms with Gasteiger partial charge in [0.25, 0.3) is 11.5 Å². The maximum absolute atomic E-state index is 13.3. The van der Waals surface area contributed by atoms with Crippen LogP contribution in [0.4, 0.5) is 0 Å². The molecule has 0 saturated heterocycles. The lowest BCUT2D eigenvalue weighted by Gasteiger charge is -2.18. The molecule has 1 unspecified atom stereocenters. The van der Waals surface area contributed by atoms with Crippen LogP contribution in [-0.2, 0) is 6.54 Å². The van der Waals surface area contributed by atoms with Crippen LogP contribution in [0.15, 0.2) is 33.9 Å². The van der Waals surface area contributed by atoms with Gasteiger partial charge in [-0.2, -0.15) is 5.26 Å². The third-order valence-corrected chi connectivity index (χ3v) is 5.88. The second kappa shape index (κ2) is 9.77. The van der Waals surface area contributed by atoms with Crippen LogP contribution in [-0.4, -0.2) is 20.4 Å². The fourth-order valence-corrected chi connectivity index (χ4v) is 3.85. The predicted octanol–water partition coefficient (Wildman–Crippen LogP) is 4.17. The number of amides is 1. The molecule has 10 heteroatoms. The van der Waals surface area contributed by atoms with Gasteiger partial charge >= 0.3 is 5.69 Å². The topological polar surface area (TPSA) is 121 Å². The minimum Gasteiger partial charge on any atom is -0.332 e. The number of nitrogens with one attached hydrogen (secondary N) is 2. The van der Waals surface area contributed by atoms with E-state index in [1.54, 1.807) is 18.2 Å². The number of carbonyl (C=O) groups excluding carboxylic acids is 1. The molecule has 0 aliphatic carbocycles. The van der Waals surface area contributed by atoms with Crippen molar-refractivity contribution in [1.29, 1.82) is 5.26 Å². The summed E-state index contributed by atoms with van der Waals surface area (Å²) in [7, 11) is 0. The summed E-state index contributed by atoms with van der Waals surface area (Å²) in [6.45, 7) is 7.93. The van der Waals surface area contributed by atoms with Crippen molar-refractivity contribution in [3.05, 3.63) is 72.0 Å². The first-order chi connectivity index (χ1) is 15.5. The van der Waals surface area contributed by atoms with Crippen molar-refractivity contribution in [2.75, 3.05) is 0 Å². The van der Waals surface area contributed by atoms with Crippen LogP contribution in [0.2, 0.25) is 10.0 Å². The number of carbonyl (C=O) groups is 1. The fraction of sp³-hybridized carbons (Fsp3) is 0.348. The summed E-state index contributed by atoms with van der Waals surface area (Å²) >= 11 is 12.3. The second-order valence-corrected chi connectivity index (χ2v) is 9.18. The molecule has 3 rings (SSSR count). The summed E-state index contributed by atoms with van der Waals surface area (Å²) in [5.41, 5.74) is -0.319. The highest BCUT2D eigenvalue weighted by Gasteiger charge is 2.24. The summed E-state index contributed by atoms with van der Waals surface area (Å²) in [6.07, 6.45) is 0. The van der Waals surface area contributed by atoms with Gasteiger partial charge in [0.05, 0.1) is 27.1 Å². The number of halogens is 2. The molecule has 1 atom stereocenters. The van der Waals surface area contributed by atoms with E-state index in [1.807, 2.05) is 33.8 Å². The van der Waals surface area contributed by atoms with Gasteiger partial charge in [-0.15, -0.1) is 0 Å². The number of pyridine rings is 1. The summed E-state index contributed by atoms with van der Waals surface area (Å²) in [5, 5.41) is 12.7. The van der Waals surface area contributed by atoms with Gasteiger partial charge < -0.3 is 5.32 Å². The summed E-state index contributed by atoms with van der Waals surface area (Å²) in [5.74, 6) is -0.671. The van der Waals surface area contributed by atoms with E-state index in [9.17, 15) is 19.6 Å². The Kier molecular flexibility index (Phi) is 7.25. The van der Waals surface area contributed by atoms with Crippen LogP contribution in [0, 0.1) is 17.2 Å². The van der Waals surface area contributed by atoms with Crippen molar-refractivity contribution in [2.45, 2.75) is 46.2 Å². The number of H-pyrrole nitrogens is 1. The van der Waals surface area contributed by atoms with Gasteiger partial charge in [0.2, 0.25) is 0 Å². The Morgan fingerprint density at radius 3 is 2.55 bits per heavy atom. The quantitative estimate of drug-likeness (QED) is 0.540. The number of nitrogens with zero attached hydrogens (tertiary/aromatic N) is 3. The Bertz CT molecular complexity index is 1390. The maximum Gasteiger partial charge on any atom is 0.330 e. The minimum absolute atomic E-state index is 0.0147. The number of nitriles is 1. The van der Waals surface area contributed by atoms with E-state index in [0.717, 1.165) is 0 Å². The predicted molar refractivity (Wildman–Crippen MR) is 128 cm³/mol. The molecule has 172 valence electrons. The van der Waals surface area contributed by atoms with Crippen LogP contribution in [0.1, 0.15) is 61.3 Å². The van der Waals surface area contributed by atoms with Crippen LogP contribution < -0.4 is 16.6 Å². The molecule has 1 amide bonds. The molecule has 0 spiro atoms. The van der Waals surface area contributed by atoms with Crippen LogP contribution in [0.5, 0.6) is 0 Å². The standard InChI is InChI=1S/C23H23Cl2N5O3/c1-11(2)10-30-20-18(22(32)29-23(30)33)14(8-16(27-20)12(3)4)21(31)28-17(9-26)13-6-5-7-15(24)19(13)25/h5-8,11-12,17H,10H2,1-4H3,(H,28,31)(H,29,32,33). The Morgan fingerprint density at radius 2 is 1.94 bits per heavy atom. The molecule has 3 aromatic rings. The fourth-order valence-electron chi connectivity index (χ4n) is 3.43. The zero-order chi connectivity index (χ0) is 24.4. The highest BCUT2D eigenvalue weighted by Crippen LogP contribution is 2.30. The average molecular weight is 488 g/mol. The Labute approximate surface area is 200 Å². The van der Waals surface area contributed by atoms with E-state index in [1.165, 1.54) is 10.6 Å². The molecule has 33 heavy (non-hydrogen) atoms. The van der Waals surface area contributed by atoms with Gasteiger partial charge in [-0.3, -0.25) is 19.1 Å². The smallest absolute Gasteiger partial charge is 0.330 e. The zero-order valence-corrected chi connectivity index (χ0v) is 20.1. The monoisotopic (exact) mass is 487 g/mol. The second-order valence-electron chi connectivity index (χ2n) is 8.39. The minimum atomic E-state index is -1.12. The third-order valence-electron chi connectivity index (χ3n) is 5.05. The van der Waals surface area contributed by atoms with Crippen LogP contribution in [0.25, 0.3) is 11.0 Å². The normalized spacial score (nSPS) is 12.2. The van der Waals surface area contributed by atoms with Crippen LogP contribution >= 0.6 is 23.2 Å². The van der Waals surface area contributed by atoms with E-state index in [4.69, 9.17) is 23.2 Å². The van der Waals surface area contributed by atoms with Crippen molar-refractivity contribution in [1.82, 2.24) is 19.9 Å². The Balaban J connectivity index is 2.22.